The van der Waals surface area contributed by atoms with E-state index in [4.69, 9.17) is 33.9 Å². The van der Waals surface area contributed by atoms with Crippen molar-refractivity contribution >= 4 is 140 Å². The van der Waals surface area contributed by atoms with Crippen molar-refractivity contribution in [2.45, 2.75) is 52.1 Å². The Balaban J connectivity index is 0.000000184. The van der Waals surface area contributed by atoms with Gasteiger partial charge >= 0.3 is 35.8 Å². The Morgan fingerprint density at radius 1 is 0.371 bits per heavy atom. The number of fused-ring (bicyclic) bond motifs is 3. The molecule has 116 heavy (non-hydrogen) atoms. The molecule has 9 aromatic rings. The SMILES string of the molecule is CC(O)C(=O)OC(C)C(=O)OCC(=O)N1CCN(C(=O)c2ccc(/C=C/c3n[nH]c4ccccc34)cc2)CC1.CC(OC(=O)COC(=O)CO)C(=O)N1CCN(C(=O)c2ccc(/C=C/c3n[nH]c4ccccc34)cc2)CC1.COCC(=O)OCC(=O)OC(C)C(=O)N1CCN(C(=O)c2ccc(/C=C/c3n[nH]c4ccccc34)cc2)CC1. The van der Waals surface area contributed by atoms with Crippen LogP contribution in [0.1, 0.15) is 92.5 Å². The summed E-state index contributed by atoms with van der Waals surface area (Å²) >= 11 is 0. The summed E-state index contributed by atoms with van der Waals surface area (Å²) in [5, 5.41) is 42.8. The van der Waals surface area contributed by atoms with Crippen molar-refractivity contribution in [3.8, 4) is 0 Å². The Morgan fingerprint density at radius 2 is 0.698 bits per heavy atom. The summed E-state index contributed by atoms with van der Waals surface area (Å²) in [6, 6.07) is 45.5. The lowest BCUT2D eigenvalue weighted by molar-refractivity contribution is -0.172. The second kappa shape index (κ2) is 41.3. The quantitative estimate of drug-likeness (QED) is 0.0348. The first kappa shape index (κ1) is 84.9. The van der Waals surface area contributed by atoms with Crippen LogP contribution in [0.5, 0.6) is 0 Å². The van der Waals surface area contributed by atoms with E-state index in [1.54, 1.807) is 56.0 Å². The number of piperazine rings is 3. The number of amides is 6. The Morgan fingerprint density at radius 3 is 1.03 bits per heavy atom. The minimum atomic E-state index is -1.37. The highest BCUT2D eigenvalue weighted by molar-refractivity contribution is 5.98. The van der Waals surface area contributed by atoms with Crippen LogP contribution in [0.25, 0.3) is 69.2 Å². The van der Waals surface area contributed by atoms with Crippen LogP contribution in [0.3, 0.4) is 0 Å². The van der Waals surface area contributed by atoms with Gasteiger partial charge in [0.05, 0.1) is 33.6 Å². The molecule has 4 atom stereocenters. The Bertz CT molecular complexity index is 5070. The first-order valence-corrected chi connectivity index (χ1v) is 37.2. The lowest BCUT2D eigenvalue weighted by Gasteiger charge is -2.35. The van der Waals surface area contributed by atoms with Gasteiger partial charge in [0.25, 0.3) is 35.4 Å². The molecular weight excluding hydrogens is 1500 g/mol. The number of para-hydroxylation sites is 3. The number of benzene rings is 6. The van der Waals surface area contributed by atoms with E-state index in [0.717, 1.165) is 66.5 Å². The molecule has 3 aliphatic rings. The molecule has 0 spiro atoms. The van der Waals surface area contributed by atoms with Gasteiger partial charge in [-0.3, -0.25) is 44.1 Å². The summed E-state index contributed by atoms with van der Waals surface area (Å²) in [6.45, 7) is 6.35. The number of nitrogens with one attached hydrogen (secondary N) is 3. The van der Waals surface area contributed by atoms with E-state index in [1.165, 1.54) is 44.6 Å². The third-order valence-electron chi connectivity index (χ3n) is 18.7. The smallest absolute Gasteiger partial charge is 0.347 e. The molecule has 12 rings (SSSR count). The number of aromatic nitrogens is 6. The van der Waals surface area contributed by atoms with Gasteiger partial charge in [-0.1, -0.05) is 109 Å². The zero-order chi connectivity index (χ0) is 82.8. The first-order valence-electron chi connectivity index (χ1n) is 37.2. The highest BCUT2D eigenvalue weighted by Crippen LogP contribution is 2.23. The fourth-order valence-electron chi connectivity index (χ4n) is 12.3. The highest BCUT2D eigenvalue weighted by atomic mass is 16.6. The molecule has 33 nitrogen and oxygen atoms in total. The molecule has 3 saturated heterocycles. The van der Waals surface area contributed by atoms with Crippen LogP contribution in [-0.2, 0) is 76.3 Å². The van der Waals surface area contributed by atoms with E-state index in [2.05, 4.69) is 40.1 Å². The molecule has 33 heteroatoms. The van der Waals surface area contributed by atoms with Crippen molar-refractivity contribution in [1.29, 1.82) is 0 Å². The normalized spacial score (nSPS) is 14.7. The number of carbonyl (C=O) groups excluding carboxylic acids is 12. The van der Waals surface area contributed by atoms with Gasteiger partial charge < -0.3 is 72.8 Å². The van der Waals surface area contributed by atoms with E-state index in [-0.39, 0.29) is 30.2 Å². The number of H-pyrrole nitrogens is 3. The van der Waals surface area contributed by atoms with Crippen LogP contribution in [-0.4, -0.2) is 285 Å². The summed E-state index contributed by atoms with van der Waals surface area (Å²) in [7, 11) is 1.33. The monoisotopic (exact) mass is 1590 g/mol. The molecule has 3 aliphatic heterocycles. The Kier molecular flexibility index (Phi) is 30.2. The van der Waals surface area contributed by atoms with Crippen LogP contribution in [0.2, 0.25) is 0 Å². The Labute approximate surface area is 665 Å². The molecule has 0 radical (unpaired) electrons. The summed E-state index contributed by atoms with van der Waals surface area (Å²) in [4.78, 5) is 155. The summed E-state index contributed by atoms with van der Waals surface area (Å²) in [6.07, 6.45) is 6.86. The van der Waals surface area contributed by atoms with Crippen LogP contribution in [0.4, 0.5) is 0 Å². The van der Waals surface area contributed by atoms with Gasteiger partial charge in [0.15, 0.2) is 38.1 Å². The molecule has 3 aromatic heterocycles. The van der Waals surface area contributed by atoms with Gasteiger partial charge in [-0.25, -0.2) is 28.8 Å². The van der Waals surface area contributed by atoms with Crippen LogP contribution < -0.4 is 0 Å². The summed E-state index contributed by atoms with van der Waals surface area (Å²) in [5.74, 6) is -6.80. The molecule has 5 N–H and O–H groups in total. The molecule has 6 aromatic carbocycles. The van der Waals surface area contributed by atoms with Gasteiger partial charge in [0, 0.05) is 118 Å². The first-order chi connectivity index (χ1) is 55.9. The van der Waals surface area contributed by atoms with E-state index in [9.17, 15) is 57.5 Å². The number of aromatic amines is 3. The topological polar surface area (TPSA) is 415 Å². The average molecular weight is 1590 g/mol. The molecule has 3 fully saturated rings. The standard InChI is InChI=1S/2C28H30N4O7.C27H28N4O7/c1-19(39-26(34)18-38-25(33)17-37-2)27(35)31-13-15-32(16-14-31)28(36)21-10-7-20(8-11-21)9-12-24-22-5-3-4-6-23(22)29-30-24;1-18(33)27(36)39-19(2)28(37)38-17-25(34)31-13-15-32(16-14-31)26(35)21-10-7-20(8-11-21)9-12-24-22-5-3-4-6-23(22)29-30-24;1-18(38-25(34)17-37-24(33)16-32)26(35)30-12-14-31(15-13-30)27(36)20-9-6-19(7-10-20)8-11-23-21-4-2-3-5-22(21)28-29-23/h3-12,19H,13-18H2,1-2H3,(H,29,30);3-12,18-19,33H,13-17H2,1-2H3,(H,29,30);2-11,18,32H,12-17H2,1H3,(H,28,29)/b2*12-9+;11-8+. The van der Waals surface area contributed by atoms with Gasteiger partial charge in [0.1, 0.15) is 19.3 Å². The molecule has 606 valence electrons. The highest BCUT2D eigenvalue weighted by Gasteiger charge is 2.33. The van der Waals surface area contributed by atoms with Crippen molar-refractivity contribution in [2.75, 3.05) is 119 Å². The van der Waals surface area contributed by atoms with Crippen LogP contribution >= 0.6 is 0 Å². The van der Waals surface area contributed by atoms with E-state index in [0.29, 0.717) is 95.2 Å². The van der Waals surface area contributed by atoms with E-state index >= 15 is 0 Å². The maximum absolute atomic E-state index is 13.0. The summed E-state index contributed by atoms with van der Waals surface area (Å²) < 4.78 is 33.5. The number of rotatable bonds is 25. The number of hydrogen-bond donors (Lipinski definition) is 5. The summed E-state index contributed by atoms with van der Waals surface area (Å²) in [5.41, 5.74) is 9.86. The minimum Gasteiger partial charge on any atom is -0.453 e. The number of carbonyl (C=O) groups is 12. The van der Waals surface area contributed by atoms with Gasteiger partial charge in [-0.15, -0.1) is 0 Å². The largest absolute Gasteiger partial charge is 0.453 e. The van der Waals surface area contributed by atoms with Gasteiger partial charge in [-0.05, 0) is 117 Å². The molecule has 0 saturated carbocycles. The second-order valence-corrected chi connectivity index (χ2v) is 26.8. The second-order valence-electron chi connectivity index (χ2n) is 26.8. The molecule has 0 bridgehead atoms. The van der Waals surface area contributed by atoms with Crippen molar-refractivity contribution in [2.24, 2.45) is 0 Å². The number of esters is 6. The number of methoxy groups -OCH3 is 1. The Hall–Kier alpha value is -13.5. The van der Waals surface area contributed by atoms with E-state index < -0.39 is 98.5 Å². The van der Waals surface area contributed by atoms with Crippen LogP contribution in [0, 0.1) is 0 Å². The molecule has 6 amide bonds. The maximum Gasteiger partial charge on any atom is 0.347 e. The molecular formula is C83H88N12O21. The van der Waals surface area contributed by atoms with Gasteiger partial charge in [-0.2, -0.15) is 15.3 Å². The molecule has 4 unspecified atom stereocenters. The number of nitrogens with zero attached hydrogens (tertiary/aromatic N) is 9. The van der Waals surface area contributed by atoms with Crippen molar-refractivity contribution < 1.29 is 101 Å². The van der Waals surface area contributed by atoms with Gasteiger partial charge in [0.2, 0.25) is 0 Å². The zero-order valence-corrected chi connectivity index (χ0v) is 64.3. The maximum atomic E-state index is 13.0. The molecule has 0 aliphatic carbocycles. The van der Waals surface area contributed by atoms with Crippen molar-refractivity contribution in [1.82, 2.24) is 60.0 Å². The number of hydrogen-bond acceptors (Lipinski definition) is 24. The van der Waals surface area contributed by atoms with E-state index in [1.807, 2.05) is 146 Å². The zero-order valence-electron chi connectivity index (χ0n) is 64.3. The lowest BCUT2D eigenvalue weighted by Crippen LogP contribution is -2.53. The predicted molar refractivity (Wildman–Crippen MR) is 422 cm³/mol. The predicted octanol–water partition coefficient (Wildman–Crippen LogP) is 5.50. The fraction of sp³-hybridized carbons (Fsp3) is 0.313. The van der Waals surface area contributed by atoms with Crippen molar-refractivity contribution in [3.63, 3.8) is 0 Å². The lowest BCUT2D eigenvalue weighted by atomic mass is 10.1. The average Bonchev–Trinajstić information content (AvgIpc) is 1.47. The minimum absolute atomic E-state index is 0.117. The number of aliphatic hydroxyl groups is 2. The molecule has 6 heterocycles. The van der Waals surface area contributed by atoms with Crippen LogP contribution in [0.15, 0.2) is 146 Å². The third-order valence-corrected chi connectivity index (χ3v) is 18.7. The number of ether oxygens (including phenoxy) is 7. The van der Waals surface area contributed by atoms with Crippen molar-refractivity contribution in [3.05, 3.63) is 196 Å². The third kappa shape index (κ3) is 23.5. The fourth-order valence-corrected chi connectivity index (χ4v) is 12.3. The number of aliphatic hydroxyl groups excluding tert-OH is 2.